The van der Waals surface area contributed by atoms with E-state index in [9.17, 15) is 13.6 Å². The Bertz CT molecular complexity index is 1100. The molecule has 2 aromatic heterocycles. The van der Waals surface area contributed by atoms with E-state index >= 15 is 0 Å². The summed E-state index contributed by atoms with van der Waals surface area (Å²) in [5.74, 6) is 1.000. The number of rotatable bonds is 7. The first-order valence-corrected chi connectivity index (χ1v) is 10.9. The Balaban J connectivity index is 1.38. The van der Waals surface area contributed by atoms with Crippen molar-refractivity contribution in [2.24, 2.45) is 0 Å². The summed E-state index contributed by atoms with van der Waals surface area (Å²) in [5.41, 5.74) is 2.69. The van der Waals surface area contributed by atoms with Crippen molar-refractivity contribution in [1.82, 2.24) is 24.5 Å². The number of hydrogen-bond acceptors (Lipinski definition) is 5. The molecule has 1 saturated heterocycles. The topological polar surface area (TPSA) is 72.6 Å². The molecule has 4 rings (SSSR count). The Morgan fingerprint density at radius 3 is 2.91 bits per heavy atom. The maximum atomic E-state index is 13.5. The van der Waals surface area contributed by atoms with Gasteiger partial charge in [-0.15, -0.1) is 0 Å². The Hall–Kier alpha value is -3.10. The number of aromatic nitrogens is 4. The van der Waals surface area contributed by atoms with Gasteiger partial charge in [-0.1, -0.05) is 6.07 Å². The number of nitrogens with zero attached hydrogens (tertiary/aromatic N) is 5. The quantitative estimate of drug-likeness (QED) is 0.550. The number of alkyl halides is 2. The molecule has 1 aromatic carbocycles. The van der Waals surface area contributed by atoms with Crippen molar-refractivity contribution in [3.8, 4) is 5.75 Å². The zero-order chi connectivity index (χ0) is 22.7. The van der Waals surface area contributed by atoms with Gasteiger partial charge in [-0.05, 0) is 61.9 Å². The minimum absolute atomic E-state index is 0.0873. The molecule has 1 fully saturated rings. The van der Waals surface area contributed by atoms with E-state index in [0.29, 0.717) is 25.2 Å². The van der Waals surface area contributed by atoms with Crippen LogP contribution < -0.4 is 4.74 Å². The largest absolute Gasteiger partial charge is 0.497 e. The predicted octanol–water partition coefficient (Wildman–Crippen LogP) is 4.11. The van der Waals surface area contributed by atoms with Crippen LogP contribution in [0.3, 0.4) is 0 Å². The zero-order valence-electron chi connectivity index (χ0n) is 18.3. The molecule has 3 heterocycles. The normalized spacial score (nSPS) is 16.7. The van der Waals surface area contributed by atoms with Gasteiger partial charge < -0.3 is 9.64 Å². The van der Waals surface area contributed by atoms with Gasteiger partial charge in [0.05, 0.1) is 12.8 Å². The maximum Gasteiger partial charge on any atom is 0.280 e. The number of carbonyl (C=O) groups is 1. The van der Waals surface area contributed by atoms with Gasteiger partial charge in [0.2, 0.25) is 5.91 Å². The van der Waals surface area contributed by atoms with Crippen LogP contribution in [0.2, 0.25) is 0 Å². The molecule has 0 N–H and O–H groups in total. The van der Waals surface area contributed by atoms with E-state index in [0.717, 1.165) is 41.5 Å². The summed E-state index contributed by atoms with van der Waals surface area (Å²) in [7, 11) is 1.65. The predicted molar refractivity (Wildman–Crippen MR) is 115 cm³/mol. The summed E-state index contributed by atoms with van der Waals surface area (Å²) in [5, 5.41) is 3.84. The maximum absolute atomic E-state index is 13.5. The first kappa shape index (κ1) is 22.1. The van der Waals surface area contributed by atoms with Crippen molar-refractivity contribution < 1.29 is 18.3 Å². The lowest BCUT2D eigenvalue weighted by atomic mass is 9.93. The molecule has 1 amide bonds. The summed E-state index contributed by atoms with van der Waals surface area (Å²) < 4.78 is 33.3. The van der Waals surface area contributed by atoms with Crippen molar-refractivity contribution in [3.05, 3.63) is 53.1 Å². The van der Waals surface area contributed by atoms with Gasteiger partial charge in [0.15, 0.2) is 0 Å². The number of piperidine rings is 1. The minimum atomic E-state index is -2.68. The van der Waals surface area contributed by atoms with Crippen molar-refractivity contribution in [1.29, 1.82) is 0 Å². The zero-order valence-corrected chi connectivity index (χ0v) is 18.3. The number of aryl methyl sites for hydroxylation is 2. The van der Waals surface area contributed by atoms with Crippen LogP contribution >= 0.6 is 0 Å². The Morgan fingerprint density at radius 2 is 2.16 bits per heavy atom. The van der Waals surface area contributed by atoms with Crippen LogP contribution in [0.4, 0.5) is 8.78 Å². The Kier molecular flexibility index (Phi) is 6.62. The van der Waals surface area contributed by atoms with Crippen LogP contribution in [0.5, 0.6) is 5.75 Å². The average Bonchev–Trinajstić information content (AvgIpc) is 3.28. The van der Waals surface area contributed by atoms with Gasteiger partial charge in [0, 0.05) is 25.4 Å². The summed E-state index contributed by atoms with van der Waals surface area (Å²) in [6.45, 7) is 3.22. The third kappa shape index (κ3) is 4.71. The molecule has 1 atom stereocenters. The number of benzene rings is 1. The summed E-state index contributed by atoms with van der Waals surface area (Å²) in [6, 6.07) is 7.38. The molecule has 3 aromatic rings. The van der Waals surface area contributed by atoms with E-state index in [4.69, 9.17) is 4.74 Å². The Morgan fingerprint density at radius 1 is 1.31 bits per heavy atom. The monoisotopic (exact) mass is 443 g/mol. The van der Waals surface area contributed by atoms with Crippen LogP contribution in [-0.4, -0.2) is 50.6 Å². The molecule has 7 nitrogen and oxygen atoms in total. The van der Waals surface area contributed by atoms with E-state index < -0.39 is 6.43 Å². The SMILES string of the molecule is COc1ccc(CCCC(=O)N2CCC[C@H](c3cc(C(F)F)n4ncnc4n3)C2)c(C)c1. The lowest BCUT2D eigenvalue weighted by Gasteiger charge is -2.32. The summed E-state index contributed by atoms with van der Waals surface area (Å²) in [6.07, 6.45) is 2.19. The number of ether oxygens (including phenoxy) is 1. The molecule has 9 heteroatoms. The molecule has 0 spiro atoms. The van der Waals surface area contributed by atoms with Crippen molar-refractivity contribution >= 4 is 11.7 Å². The number of methoxy groups -OCH3 is 1. The van der Waals surface area contributed by atoms with Crippen molar-refractivity contribution in [2.75, 3.05) is 20.2 Å². The lowest BCUT2D eigenvalue weighted by molar-refractivity contribution is -0.132. The minimum Gasteiger partial charge on any atom is -0.497 e. The van der Waals surface area contributed by atoms with Crippen molar-refractivity contribution in [2.45, 2.75) is 51.4 Å². The van der Waals surface area contributed by atoms with Crippen LogP contribution in [0.1, 0.15) is 60.5 Å². The fourth-order valence-corrected chi connectivity index (χ4v) is 4.33. The third-order valence-electron chi connectivity index (χ3n) is 6.10. The highest BCUT2D eigenvalue weighted by Gasteiger charge is 2.27. The second-order valence-corrected chi connectivity index (χ2v) is 8.20. The second-order valence-electron chi connectivity index (χ2n) is 8.20. The standard InChI is InChI=1S/C23H27F2N5O2/c1-15-11-18(32-2)9-8-16(15)5-3-7-21(31)29-10-4-6-17(13-29)19-12-20(22(24)25)30-23(28-19)26-14-27-30/h8-9,11-12,14,17,22H,3-7,10,13H2,1-2H3/t17-/m0/s1. The summed E-state index contributed by atoms with van der Waals surface area (Å²) in [4.78, 5) is 23.1. The highest BCUT2D eigenvalue weighted by Crippen LogP contribution is 2.29. The fourth-order valence-electron chi connectivity index (χ4n) is 4.33. The van der Waals surface area contributed by atoms with Gasteiger partial charge in [0.1, 0.15) is 17.8 Å². The molecule has 32 heavy (non-hydrogen) atoms. The van der Waals surface area contributed by atoms with E-state index in [1.165, 1.54) is 18.0 Å². The molecule has 170 valence electrons. The van der Waals surface area contributed by atoms with E-state index in [-0.39, 0.29) is 23.3 Å². The highest BCUT2D eigenvalue weighted by molar-refractivity contribution is 5.76. The fraction of sp³-hybridized carbons (Fsp3) is 0.478. The first-order valence-electron chi connectivity index (χ1n) is 10.9. The number of carbonyl (C=O) groups excluding carboxylic acids is 1. The lowest BCUT2D eigenvalue weighted by Crippen LogP contribution is -2.39. The van der Waals surface area contributed by atoms with Crippen molar-refractivity contribution in [3.63, 3.8) is 0 Å². The Labute approximate surface area is 185 Å². The molecule has 1 aliphatic heterocycles. The molecule has 0 saturated carbocycles. The van der Waals surface area contributed by atoms with Gasteiger partial charge >= 0.3 is 0 Å². The number of halogens is 2. The smallest absolute Gasteiger partial charge is 0.280 e. The highest BCUT2D eigenvalue weighted by atomic mass is 19.3. The van der Waals surface area contributed by atoms with Crippen LogP contribution in [0.25, 0.3) is 5.78 Å². The van der Waals surface area contributed by atoms with Gasteiger partial charge in [-0.25, -0.2) is 13.8 Å². The molecule has 1 aliphatic rings. The van der Waals surface area contributed by atoms with E-state index in [2.05, 4.69) is 15.1 Å². The first-order chi connectivity index (χ1) is 15.5. The molecular weight excluding hydrogens is 416 g/mol. The number of fused-ring (bicyclic) bond motifs is 1. The third-order valence-corrected chi connectivity index (χ3v) is 6.10. The number of amides is 1. The summed E-state index contributed by atoms with van der Waals surface area (Å²) >= 11 is 0. The van der Waals surface area contributed by atoms with E-state index in [1.807, 2.05) is 30.0 Å². The van der Waals surface area contributed by atoms with Gasteiger partial charge in [-0.2, -0.15) is 14.6 Å². The van der Waals surface area contributed by atoms with Crippen LogP contribution in [0.15, 0.2) is 30.6 Å². The van der Waals surface area contributed by atoms with Gasteiger partial charge in [0.25, 0.3) is 12.2 Å². The van der Waals surface area contributed by atoms with E-state index in [1.54, 1.807) is 7.11 Å². The van der Waals surface area contributed by atoms with Crippen LogP contribution in [0, 0.1) is 6.92 Å². The average molecular weight is 443 g/mol. The molecular formula is C23H27F2N5O2. The molecule has 0 unspecified atom stereocenters. The number of hydrogen-bond donors (Lipinski definition) is 0. The van der Waals surface area contributed by atoms with Crippen LogP contribution in [-0.2, 0) is 11.2 Å². The second kappa shape index (κ2) is 9.58. The molecule has 0 radical (unpaired) electrons. The van der Waals surface area contributed by atoms with Gasteiger partial charge in [-0.3, -0.25) is 4.79 Å². The molecule has 0 bridgehead atoms. The molecule has 0 aliphatic carbocycles. The number of likely N-dealkylation sites (tertiary alicyclic amines) is 1.